The van der Waals surface area contributed by atoms with Crippen LogP contribution >= 0.6 is 0 Å². The average molecular weight is 553 g/mol. The third-order valence-electron chi connectivity index (χ3n) is 7.95. The summed E-state index contributed by atoms with van der Waals surface area (Å²) in [5.74, 6) is -0.467. The molecule has 0 atom stereocenters. The van der Waals surface area contributed by atoms with Crippen LogP contribution in [0.2, 0.25) is 0 Å². The van der Waals surface area contributed by atoms with Gasteiger partial charge in [0.05, 0.1) is 0 Å². The molecule has 0 spiro atoms. The van der Waals surface area contributed by atoms with Crippen LogP contribution in [0.4, 0.5) is 4.39 Å². The predicted molar refractivity (Wildman–Crippen MR) is 148 cm³/mol. The second-order valence-electron chi connectivity index (χ2n) is 11.0. The van der Waals surface area contributed by atoms with Crippen molar-refractivity contribution in [1.29, 1.82) is 0 Å². The first-order valence-corrected chi connectivity index (χ1v) is 15.2. The zero-order chi connectivity index (χ0) is 27.3. The first kappa shape index (κ1) is 26.2. The number of amides is 1. The largest absolute Gasteiger partial charge is 0.349 e. The van der Waals surface area contributed by atoms with Gasteiger partial charge < -0.3 is 15.2 Å². The Morgan fingerprint density at radius 2 is 1.87 bits per heavy atom. The van der Waals surface area contributed by atoms with Gasteiger partial charge in [0.1, 0.15) is 10.7 Å². The third kappa shape index (κ3) is 5.25. The Kier molecular flexibility index (Phi) is 6.81. The van der Waals surface area contributed by atoms with E-state index in [0.29, 0.717) is 66.0 Å². The minimum atomic E-state index is -3.92. The van der Waals surface area contributed by atoms with Crippen molar-refractivity contribution in [2.75, 3.05) is 26.2 Å². The Hall–Kier alpha value is -3.08. The number of nitrogens with one attached hydrogen (secondary N) is 2. The Labute approximate surface area is 227 Å². The fourth-order valence-corrected chi connectivity index (χ4v) is 6.94. The molecule has 2 N–H and O–H groups in total. The van der Waals surface area contributed by atoms with Crippen molar-refractivity contribution >= 4 is 26.7 Å². The quantitative estimate of drug-likeness (QED) is 0.468. The highest BCUT2D eigenvalue weighted by Crippen LogP contribution is 2.34. The molecule has 1 saturated heterocycles. The Morgan fingerprint density at radius 3 is 2.62 bits per heavy atom. The number of aromatic nitrogens is 1. The summed E-state index contributed by atoms with van der Waals surface area (Å²) in [7, 11) is -3.92. The smallest absolute Gasteiger partial charge is 0.258 e. The van der Waals surface area contributed by atoms with E-state index in [1.54, 1.807) is 31.2 Å². The zero-order valence-corrected chi connectivity index (χ0v) is 22.8. The van der Waals surface area contributed by atoms with Crippen molar-refractivity contribution < 1.29 is 17.6 Å². The molecule has 2 aromatic carbocycles. The molecule has 206 valence electrons. The molecule has 3 fully saturated rings. The molecular weight excluding hydrogens is 519 g/mol. The van der Waals surface area contributed by atoms with Crippen LogP contribution in [0, 0.1) is 18.7 Å². The molecule has 0 radical (unpaired) electrons. The number of hydrogen-bond donors (Lipinski definition) is 2. The molecule has 1 aromatic heterocycles. The van der Waals surface area contributed by atoms with Crippen LogP contribution in [0.15, 0.2) is 46.2 Å². The molecule has 10 heteroatoms. The molecule has 2 saturated carbocycles. The van der Waals surface area contributed by atoms with E-state index in [9.17, 15) is 18.0 Å². The monoisotopic (exact) mass is 552 g/mol. The molecule has 0 bridgehead atoms. The molecule has 2 heterocycles. The fraction of sp³-hybridized carbons (Fsp3) is 0.448. The SMILES string of the molecule is Cc1c(F)cc(C(=O)NC2CC2)cc1-c1ccc2c(=O)n(CC3CC3)cc(S(=O)(=O)N3CCCNCC3)c2c1. The summed E-state index contributed by atoms with van der Waals surface area (Å²) in [5.41, 5.74) is 1.36. The molecule has 8 nitrogen and oxygen atoms in total. The lowest BCUT2D eigenvalue weighted by molar-refractivity contribution is 0.0950. The van der Waals surface area contributed by atoms with E-state index in [1.165, 1.54) is 21.1 Å². The van der Waals surface area contributed by atoms with Gasteiger partial charge in [-0.05, 0) is 92.4 Å². The highest BCUT2D eigenvalue weighted by Gasteiger charge is 2.30. The number of nitrogens with zero attached hydrogens (tertiary/aromatic N) is 2. The second kappa shape index (κ2) is 10.1. The van der Waals surface area contributed by atoms with Crippen molar-refractivity contribution in [2.45, 2.75) is 56.5 Å². The van der Waals surface area contributed by atoms with Gasteiger partial charge in [0.15, 0.2) is 0 Å². The van der Waals surface area contributed by atoms with Gasteiger partial charge in [-0.25, -0.2) is 12.8 Å². The Balaban J connectivity index is 1.51. The summed E-state index contributed by atoms with van der Waals surface area (Å²) in [6, 6.07) is 8.00. The maximum Gasteiger partial charge on any atom is 0.258 e. The van der Waals surface area contributed by atoms with Crippen LogP contribution in [-0.2, 0) is 16.6 Å². The van der Waals surface area contributed by atoms with Crippen molar-refractivity contribution in [1.82, 2.24) is 19.5 Å². The first-order valence-electron chi connectivity index (χ1n) is 13.7. The summed E-state index contributed by atoms with van der Waals surface area (Å²) in [5, 5.41) is 6.75. The maximum atomic E-state index is 15.0. The van der Waals surface area contributed by atoms with Crippen LogP contribution in [0.5, 0.6) is 0 Å². The van der Waals surface area contributed by atoms with Gasteiger partial charge >= 0.3 is 0 Å². The van der Waals surface area contributed by atoms with Crippen LogP contribution in [0.25, 0.3) is 21.9 Å². The predicted octanol–water partition coefficient (Wildman–Crippen LogP) is 3.40. The fourth-order valence-electron chi connectivity index (χ4n) is 5.25. The molecular formula is C29H33FN4O4S. The van der Waals surface area contributed by atoms with Crippen LogP contribution in [0.1, 0.15) is 48.0 Å². The highest BCUT2D eigenvalue weighted by molar-refractivity contribution is 7.89. The number of benzene rings is 2. The van der Waals surface area contributed by atoms with E-state index in [-0.39, 0.29) is 28.0 Å². The molecule has 1 amide bonds. The second-order valence-corrected chi connectivity index (χ2v) is 12.9. The molecule has 6 rings (SSSR count). The van der Waals surface area contributed by atoms with Crippen LogP contribution in [-0.4, -0.2) is 55.4 Å². The van der Waals surface area contributed by atoms with Gasteiger partial charge in [-0.15, -0.1) is 0 Å². The number of halogens is 1. The van der Waals surface area contributed by atoms with E-state index in [1.807, 2.05) is 0 Å². The van der Waals surface area contributed by atoms with Gasteiger partial charge in [0, 0.05) is 54.8 Å². The number of sulfonamides is 1. The lowest BCUT2D eigenvalue weighted by Crippen LogP contribution is -2.35. The van der Waals surface area contributed by atoms with Gasteiger partial charge in [-0.1, -0.05) is 6.07 Å². The number of carbonyl (C=O) groups excluding carboxylic acids is 1. The topological polar surface area (TPSA) is 101 Å². The number of hydrogen-bond acceptors (Lipinski definition) is 5. The Morgan fingerprint density at radius 1 is 1.08 bits per heavy atom. The van der Waals surface area contributed by atoms with E-state index in [0.717, 1.165) is 32.2 Å². The summed E-state index contributed by atoms with van der Waals surface area (Å²) in [6.45, 7) is 4.15. The number of pyridine rings is 1. The minimum Gasteiger partial charge on any atom is -0.349 e. The average Bonchev–Trinajstić information content (AvgIpc) is 3.81. The normalized spacial score (nSPS) is 18.7. The van der Waals surface area contributed by atoms with E-state index in [4.69, 9.17) is 0 Å². The molecule has 2 aliphatic carbocycles. The van der Waals surface area contributed by atoms with E-state index >= 15 is 4.39 Å². The summed E-state index contributed by atoms with van der Waals surface area (Å²) >= 11 is 0. The summed E-state index contributed by atoms with van der Waals surface area (Å²) in [6.07, 6.45) is 6.07. The number of rotatable bonds is 7. The zero-order valence-electron chi connectivity index (χ0n) is 22.0. The number of fused-ring (bicyclic) bond motifs is 1. The highest BCUT2D eigenvalue weighted by atomic mass is 32.2. The third-order valence-corrected chi connectivity index (χ3v) is 9.87. The lowest BCUT2D eigenvalue weighted by Gasteiger charge is -2.22. The van der Waals surface area contributed by atoms with Crippen molar-refractivity contribution in [3.63, 3.8) is 0 Å². The van der Waals surface area contributed by atoms with E-state index in [2.05, 4.69) is 10.6 Å². The Bertz CT molecular complexity index is 1620. The maximum absolute atomic E-state index is 15.0. The van der Waals surface area contributed by atoms with Gasteiger partial charge in [0.2, 0.25) is 10.0 Å². The lowest BCUT2D eigenvalue weighted by atomic mass is 9.95. The molecule has 3 aromatic rings. The van der Waals surface area contributed by atoms with Gasteiger partial charge in [0.25, 0.3) is 11.5 Å². The summed E-state index contributed by atoms with van der Waals surface area (Å²) < 4.78 is 46.0. The summed E-state index contributed by atoms with van der Waals surface area (Å²) in [4.78, 5) is 26.2. The van der Waals surface area contributed by atoms with Crippen LogP contribution in [0.3, 0.4) is 0 Å². The molecule has 0 unspecified atom stereocenters. The van der Waals surface area contributed by atoms with Crippen LogP contribution < -0.4 is 16.2 Å². The van der Waals surface area contributed by atoms with E-state index < -0.39 is 15.8 Å². The van der Waals surface area contributed by atoms with Crippen molar-refractivity contribution in [3.05, 3.63) is 63.8 Å². The van der Waals surface area contributed by atoms with Crippen molar-refractivity contribution in [3.8, 4) is 11.1 Å². The van der Waals surface area contributed by atoms with Gasteiger partial charge in [-0.3, -0.25) is 9.59 Å². The van der Waals surface area contributed by atoms with Crippen molar-refractivity contribution in [2.24, 2.45) is 5.92 Å². The standard InChI is InChI=1S/C29H33FN4O4S/c1-18-24(14-21(15-26(18)30)28(35)32-22-6-7-22)20-5-8-23-25(13-20)27(17-33(29(23)36)16-19-3-4-19)39(37,38)34-11-2-9-31-10-12-34/h5,8,13-15,17,19,22,31H,2-4,6-7,9-12,16H2,1H3,(H,32,35). The first-order chi connectivity index (χ1) is 18.7. The molecule has 1 aliphatic heterocycles. The number of carbonyl (C=O) groups is 1. The van der Waals surface area contributed by atoms with Gasteiger partial charge in [-0.2, -0.15) is 4.31 Å². The molecule has 39 heavy (non-hydrogen) atoms. The molecule has 3 aliphatic rings. The minimum absolute atomic E-state index is 0.0854.